The minimum absolute atomic E-state index is 0.0795. The van der Waals surface area contributed by atoms with Crippen molar-refractivity contribution in [3.8, 4) is 0 Å². The first-order chi connectivity index (χ1) is 9.27. The molecule has 1 atom stereocenters. The summed E-state index contributed by atoms with van der Waals surface area (Å²) < 4.78 is 27.8. The molecule has 1 aromatic rings. The van der Waals surface area contributed by atoms with E-state index in [2.05, 4.69) is 10.0 Å². The third-order valence-corrected chi connectivity index (χ3v) is 6.01. The molecule has 1 aromatic heterocycles. The predicted octanol–water partition coefficient (Wildman–Crippen LogP) is 1.39. The van der Waals surface area contributed by atoms with Gasteiger partial charge >= 0.3 is 0 Å². The van der Waals surface area contributed by atoms with E-state index in [1.54, 1.807) is 0 Å². The highest BCUT2D eigenvalue weighted by molar-refractivity contribution is 7.89. The molecule has 1 rings (SSSR count). The lowest BCUT2D eigenvalue weighted by atomic mass is 10.2. The van der Waals surface area contributed by atoms with E-state index in [-0.39, 0.29) is 6.04 Å². The quantitative estimate of drug-likeness (QED) is 0.760. The molecule has 0 radical (unpaired) electrons. The van der Waals surface area contributed by atoms with Crippen molar-refractivity contribution in [1.82, 2.24) is 14.9 Å². The zero-order valence-electron chi connectivity index (χ0n) is 12.9. The van der Waals surface area contributed by atoms with Gasteiger partial charge in [0.05, 0.1) is 0 Å². The van der Waals surface area contributed by atoms with Gasteiger partial charge < -0.3 is 10.2 Å². The molecule has 0 amide bonds. The van der Waals surface area contributed by atoms with Gasteiger partial charge in [-0.1, -0.05) is 0 Å². The molecule has 0 spiro atoms. The summed E-state index contributed by atoms with van der Waals surface area (Å²) in [7, 11) is 2.34. The van der Waals surface area contributed by atoms with E-state index in [0.29, 0.717) is 11.4 Å². The van der Waals surface area contributed by atoms with Crippen LogP contribution >= 0.6 is 11.3 Å². The van der Waals surface area contributed by atoms with E-state index in [9.17, 15) is 8.42 Å². The van der Waals surface area contributed by atoms with Gasteiger partial charge in [-0.2, -0.15) is 0 Å². The Kier molecular flexibility index (Phi) is 6.60. The van der Waals surface area contributed by atoms with E-state index in [1.165, 1.54) is 11.3 Å². The Labute approximate surface area is 126 Å². The van der Waals surface area contributed by atoms with Crippen molar-refractivity contribution in [2.45, 2.75) is 37.8 Å². The van der Waals surface area contributed by atoms with Crippen LogP contribution in [0.2, 0.25) is 0 Å². The normalized spacial score (nSPS) is 13.9. The molecular weight excluding hydrogens is 294 g/mol. The standard InChI is InChI=1S/C13H25N3O2S2/c1-10-9-19-12(8-14-3)13(10)20(17,18)15-11(2)6-7-16(4)5/h9,11,14-15H,6-8H2,1-5H3. The van der Waals surface area contributed by atoms with Gasteiger partial charge in [-0.05, 0) is 58.9 Å². The van der Waals surface area contributed by atoms with Crippen molar-refractivity contribution in [1.29, 1.82) is 0 Å². The van der Waals surface area contributed by atoms with Crippen LogP contribution in [-0.2, 0) is 16.6 Å². The van der Waals surface area contributed by atoms with Gasteiger partial charge in [0.2, 0.25) is 10.0 Å². The summed E-state index contributed by atoms with van der Waals surface area (Å²) in [6.07, 6.45) is 0.788. The maximum atomic E-state index is 12.5. The third kappa shape index (κ3) is 4.82. The topological polar surface area (TPSA) is 61.4 Å². The Morgan fingerprint density at radius 3 is 2.60 bits per heavy atom. The number of nitrogens with one attached hydrogen (secondary N) is 2. The van der Waals surface area contributed by atoms with Gasteiger partial charge in [0, 0.05) is 17.5 Å². The second kappa shape index (κ2) is 7.51. The zero-order valence-corrected chi connectivity index (χ0v) is 14.5. The minimum Gasteiger partial charge on any atom is -0.315 e. The molecule has 20 heavy (non-hydrogen) atoms. The fourth-order valence-corrected chi connectivity index (χ4v) is 5.07. The number of rotatable bonds is 8. The van der Waals surface area contributed by atoms with Gasteiger partial charge in [0.25, 0.3) is 0 Å². The van der Waals surface area contributed by atoms with E-state index in [1.807, 2.05) is 45.3 Å². The highest BCUT2D eigenvalue weighted by atomic mass is 32.2. The minimum atomic E-state index is -3.45. The van der Waals surface area contributed by atoms with Crippen LogP contribution in [0.15, 0.2) is 10.3 Å². The second-order valence-electron chi connectivity index (χ2n) is 5.32. The summed E-state index contributed by atoms with van der Waals surface area (Å²) in [6, 6.07) is -0.0795. The van der Waals surface area contributed by atoms with Gasteiger partial charge in [0.15, 0.2) is 0 Å². The molecule has 0 saturated heterocycles. The van der Waals surface area contributed by atoms with Crippen molar-refractivity contribution in [2.75, 3.05) is 27.7 Å². The molecule has 0 saturated carbocycles. The summed E-state index contributed by atoms with van der Waals surface area (Å²) in [6.45, 7) is 5.17. The molecule has 0 bridgehead atoms. The molecule has 1 heterocycles. The fraction of sp³-hybridized carbons (Fsp3) is 0.692. The molecular formula is C13H25N3O2S2. The third-order valence-electron chi connectivity index (χ3n) is 2.96. The van der Waals surface area contributed by atoms with Crippen LogP contribution in [-0.4, -0.2) is 47.0 Å². The Morgan fingerprint density at radius 2 is 2.05 bits per heavy atom. The predicted molar refractivity (Wildman–Crippen MR) is 84.8 cm³/mol. The molecule has 7 heteroatoms. The smallest absolute Gasteiger partial charge is 0.242 e. The van der Waals surface area contributed by atoms with Gasteiger partial charge in [-0.3, -0.25) is 0 Å². The van der Waals surface area contributed by atoms with Crippen LogP contribution in [0.25, 0.3) is 0 Å². The Bertz CT molecular complexity index is 524. The fourth-order valence-electron chi connectivity index (χ4n) is 1.97. The zero-order chi connectivity index (χ0) is 15.3. The Hall–Kier alpha value is -0.470. The molecule has 5 nitrogen and oxygen atoms in total. The van der Waals surface area contributed by atoms with Crippen molar-refractivity contribution in [2.24, 2.45) is 0 Å². The van der Waals surface area contributed by atoms with E-state index < -0.39 is 10.0 Å². The highest BCUT2D eigenvalue weighted by Crippen LogP contribution is 2.26. The first-order valence-electron chi connectivity index (χ1n) is 6.66. The summed E-state index contributed by atoms with van der Waals surface area (Å²) in [5.74, 6) is 0. The lowest BCUT2D eigenvalue weighted by Gasteiger charge is -2.17. The molecule has 0 aliphatic heterocycles. The van der Waals surface area contributed by atoms with Crippen LogP contribution in [0, 0.1) is 6.92 Å². The SMILES string of the molecule is CNCc1scc(C)c1S(=O)(=O)NC(C)CCN(C)C. The van der Waals surface area contributed by atoms with E-state index in [4.69, 9.17) is 0 Å². The number of hydrogen-bond acceptors (Lipinski definition) is 5. The summed E-state index contributed by atoms with van der Waals surface area (Å²) in [5, 5.41) is 4.91. The first kappa shape index (κ1) is 17.6. The van der Waals surface area contributed by atoms with E-state index in [0.717, 1.165) is 23.4 Å². The van der Waals surface area contributed by atoms with Crippen LogP contribution < -0.4 is 10.0 Å². The maximum Gasteiger partial charge on any atom is 0.242 e. The number of sulfonamides is 1. The second-order valence-corrected chi connectivity index (χ2v) is 7.93. The van der Waals surface area contributed by atoms with Crippen LogP contribution in [0.4, 0.5) is 0 Å². The van der Waals surface area contributed by atoms with Crippen LogP contribution in [0.1, 0.15) is 23.8 Å². The molecule has 1 unspecified atom stereocenters. The monoisotopic (exact) mass is 319 g/mol. The molecule has 116 valence electrons. The van der Waals surface area contributed by atoms with Crippen LogP contribution in [0.3, 0.4) is 0 Å². The van der Waals surface area contributed by atoms with Gasteiger partial charge in [-0.15, -0.1) is 11.3 Å². The van der Waals surface area contributed by atoms with Crippen LogP contribution in [0.5, 0.6) is 0 Å². The molecule has 0 fully saturated rings. The van der Waals surface area contributed by atoms with Crippen molar-refractivity contribution in [3.05, 3.63) is 15.8 Å². The number of thiophene rings is 1. The Balaban J connectivity index is 2.85. The lowest BCUT2D eigenvalue weighted by Crippen LogP contribution is -2.35. The summed E-state index contributed by atoms with van der Waals surface area (Å²) >= 11 is 1.48. The van der Waals surface area contributed by atoms with E-state index >= 15 is 0 Å². The summed E-state index contributed by atoms with van der Waals surface area (Å²) in [5.41, 5.74) is 0.813. The lowest BCUT2D eigenvalue weighted by molar-refractivity contribution is 0.379. The maximum absolute atomic E-state index is 12.5. The average Bonchev–Trinajstić information content (AvgIpc) is 2.68. The molecule has 0 aromatic carbocycles. The summed E-state index contributed by atoms with van der Waals surface area (Å²) in [4.78, 5) is 3.35. The number of aryl methyl sites for hydroxylation is 1. The molecule has 0 aliphatic carbocycles. The highest BCUT2D eigenvalue weighted by Gasteiger charge is 2.24. The first-order valence-corrected chi connectivity index (χ1v) is 9.02. The number of nitrogens with zero attached hydrogens (tertiary/aromatic N) is 1. The van der Waals surface area contributed by atoms with Crippen molar-refractivity contribution < 1.29 is 8.42 Å². The Morgan fingerprint density at radius 1 is 1.40 bits per heavy atom. The average molecular weight is 319 g/mol. The largest absolute Gasteiger partial charge is 0.315 e. The van der Waals surface area contributed by atoms with Gasteiger partial charge in [0.1, 0.15) is 4.90 Å². The number of hydrogen-bond donors (Lipinski definition) is 2. The van der Waals surface area contributed by atoms with Crippen molar-refractivity contribution in [3.63, 3.8) is 0 Å². The van der Waals surface area contributed by atoms with Crippen molar-refractivity contribution >= 4 is 21.4 Å². The molecule has 2 N–H and O–H groups in total. The molecule has 0 aliphatic rings. The van der Waals surface area contributed by atoms with Gasteiger partial charge in [-0.25, -0.2) is 13.1 Å².